The SMILES string of the molecule is Fc1ccc(OCC2(CBr)CCC2)cc1Br. The fourth-order valence-electron chi connectivity index (χ4n) is 1.80. The van der Waals surface area contributed by atoms with E-state index in [2.05, 4.69) is 31.9 Å². The predicted octanol–water partition coefficient (Wildman–Crippen LogP) is 4.53. The summed E-state index contributed by atoms with van der Waals surface area (Å²) in [4.78, 5) is 0. The van der Waals surface area contributed by atoms with Crippen molar-refractivity contribution in [3.05, 3.63) is 28.5 Å². The van der Waals surface area contributed by atoms with Crippen LogP contribution in [0.15, 0.2) is 22.7 Å². The van der Waals surface area contributed by atoms with Crippen molar-refractivity contribution >= 4 is 31.9 Å². The monoisotopic (exact) mass is 350 g/mol. The van der Waals surface area contributed by atoms with Crippen molar-refractivity contribution in [3.8, 4) is 5.75 Å². The molecule has 0 aliphatic heterocycles. The summed E-state index contributed by atoms with van der Waals surface area (Å²) in [6, 6.07) is 4.76. The molecule has 1 nitrogen and oxygen atoms in total. The first-order valence-corrected chi connectivity index (χ1v) is 7.20. The standard InChI is InChI=1S/C12H13Br2FO/c13-7-12(4-1-5-12)8-16-9-2-3-11(15)10(14)6-9/h2-3,6H,1,4-5,7-8H2. The van der Waals surface area contributed by atoms with Crippen molar-refractivity contribution in [2.45, 2.75) is 19.3 Å². The van der Waals surface area contributed by atoms with Gasteiger partial charge in [-0.1, -0.05) is 22.4 Å². The number of alkyl halides is 1. The minimum absolute atomic E-state index is 0.258. The lowest BCUT2D eigenvalue weighted by Crippen LogP contribution is -2.37. The molecular formula is C12H13Br2FO. The highest BCUT2D eigenvalue weighted by atomic mass is 79.9. The van der Waals surface area contributed by atoms with Gasteiger partial charge in [-0.05, 0) is 47.0 Å². The van der Waals surface area contributed by atoms with Gasteiger partial charge in [-0.3, -0.25) is 0 Å². The van der Waals surface area contributed by atoms with Gasteiger partial charge in [-0.15, -0.1) is 0 Å². The summed E-state index contributed by atoms with van der Waals surface area (Å²) in [6.07, 6.45) is 3.70. The summed E-state index contributed by atoms with van der Waals surface area (Å²) >= 11 is 6.68. The topological polar surface area (TPSA) is 9.23 Å². The number of hydrogen-bond donors (Lipinski definition) is 0. The minimum Gasteiger partial charge on any atom is -0.493 e. The lowest BCUT2D eigenvalue weighted by Gasteiger charge is -2.39. The first kappa shape index (κ1) is 12.4. The van der Waals surface area contributed by atoms with Crippen LogP contribution in [-0.2, 0) is 0 Å². The molecule has 4 heteroatoms. The normalized spacial score (nSPS) is 17.9. The maximum Gasteiger partial charge on any atom is 0.137 e. The van der Waals surface area contributed by atoms with Gasteiger partial charge in [0.2, 0.25) is 0 Å². The van der Waals surface area contributed by atoms with E-state index >= 15 is 0 Å². The molecule has 1 saturated carbocycles. The van der Waals surface area contributed by atoms with E-state index in [0.717, 1.165) is 11.1 Å². The maximum absolute atomic E-state index is 13.0. The second-order valence-corrected chi connectivity index (χ2v) is 5.77. The fraction of sp³-hybridized carbons (Fsp3) is 0.500. The van der Waals surface area contributed by atoms with Crippen LogP contribution in [-0.4, -0.2) is 11.9 Å². The molecule has 1 aromatic carbocycles. The van der Waals surface area contributed by atoms with Crippen molar-refractivity contribution in [2.24, 2.45) is 5.41 Å². The molecule has 1 fully saturated rings. The van der Waals surface area contributed by atoms with Gasteiger partial charge < -0.3 is 4.74 Å². The Bertz CT molecular complexity index is 372. The van der Waals surface area contributed by atoms with Crippen LogP contribution in [0.4, 0.5) is 4.39 Å². The van der Waals surface area contributed by atoms with E-state index in [9.17, 15) is 4.39 Å². The van der Waals surface area contributed by atoms with E-state index in [-0.39, 0.29) is 5.82 Å². The third-order valence-electron chi connectivity index (χ3n) is 3.13. The molecule has 88 valence electrons. The van der Waals surface area contributed by atoms with Crippen molar-refractivity contribution in [2.75, 3.05) is 11.9 Å². The number of ether oxygens (including phenoxy) is 1. The highest BCUT2D eigenvalue weighted by Gasteiger charge is 2.36. The lowest BCUT2D eigenvalue weighted by atomic mass is 9.71. The van der Waals surface area contributed by atoms with E-state index < -0.39 is 0 Å². The Kier molecular flexibility index (Phi) is 3.90. The van der Waals surface area contributed by atoms with Crippen molar-refractivity contribution in [1.29, 1.82) is 0 Å². The second kappa shape index (κ2) is 5.05. The first-order valence-electron chi connectivity index (χ1n) is 5.29. The summed E-state index contributed by atoms with van der Waals surface area (Å²) < 4.78 is 19.2. The number of hydrogen-bond acceptors (Lipinski definition) is 1. The van der Waals surface area contributed by atoms with E-state index in [4.69, 9.17) is 4.74 Å². The largest absolute Gasteiger partial charge is 0.493 e. The molecule has 0 radical (unpaired) electrons. The lowest BCUT2D eigenvalue weighted by molar-refractivity contribution is 0.0837. The van der Waals surface area contributed by atoms with Crippen LogP contribution in [0.3, 0.4) is 0 Å². The Morgan fingerprint density at radius 1 is 1.38 bits per heavy atom. The first-order chi connectivity index (χ1) is 7.65. The van der Waals surface area contributed by atoms with Crippen molar-refractivity contribution in [1.82, 2.24) is 0 Å². The molecule has 16 heavy (non-hydrogen) atoms. The third kappa shape index (κ3) is 2.59. The molecule has 0 heterocycles. The molecule has 0 unspecified atom stereocenters. The summed E-state index contributed by atoms with van der Waals surface area (Å²) in [7, 11) is 0. The van der Waals surface area contributed by atoms with Crippen LogP contribution in [0.5, 0.6) is 5.75 Å². The molecule has 1 aromatic rings. The summed E-state index contributed by atoms with van der Waals surface area (Å²) in [5, 5.41) is 0.975. The van der Waals surface area contributed by atoms with Gasteiger partial charge in [0.1, 0.15) is 11.6 Å². The number of benzene rings is 1. The average molecular weight is 352 g/mol. The zero-order valence-electron chi connectivity index (χ0n) is 8.81. The van der Waals surface area contributed by atoms with Gasteiger partial charge in [0.25, 0.3) is 0 Å². The molecule has 0 amide bonds. The molecule has 1 aliphatic rings. The maximum atomic E-state index is 13.0. The van der Waals surface area contributed by atoms with E-state index in [0.29, 0.717) is 16.5 Å². The molecule has 0 spiro atoms. The molecule has 0 saturated heterocycles. The van der Waals surface area contributed by atoms with Crippen molar-refractivity contribution < 1.29 is 9.13 Å². The highest BCUT2D eigenvalue weighted by Crippen LogP contribution is 2.42. The van der Waals surface area contributed by atoms with Gasteiger partial charge in [0.05, 0.1) is 11.1 Å². The van der Waals surface area contributed by atoms with Crippen molar-refractivity contribution in [3.63, 3.8) is 0 Å². The number of halogens is 3. The zero-order valence-corrected chi connectivity index (χ0v) is 12.0. The minimum atomic E-state index is -0.258. The quantitative estimate of drug-likeness (QED) is 0.724. The average Bonchev–Trinajstić information content (AvgIpc) is 2.22. The Hall–Kier alpha value is -0.0900. The molecule has 0 atom stereocenters. The highest BCUT2D eigenvalue weighted by molar-refractivity contribution is 9.10. The Labute approximate surface area is 112 Å². The summed E-state index contributed by atoms with van der Waals surface area (Å²) in [5.41, 5.74) is 0.293. The van der Waals surface area contributed by atoms with Gasteiger partial charge in [-0.2, -0.15) is 0 Å². The number of rotatable bonds is 4. The molecule has 1 aliphatic carbocycles. The van der Waals surface area contributed by atoms with E-state index in [1.165, 1.54) is 25.3 Å². The molecule has 0 N–H and O–H groups in total. The van der Waals surface area contributed by atoms with Crippen LogP contribution in [0.25, 0.3) is 0 Å². The second-order valence-electron chi connectivity index (χ2n) is 4.35. The Balaban J connectivity index is 1.96. The molecule has 0 aromatic heterocycles. The molecular weight excluding hydrogens is 339 g/mol. The predicted molar refractivity (Wildman–Crippen MR) is 69.7 cm³/mol. The van der Waals surface area contributed by atoms with Gasteiger partial charge >= 0.3 is 0 Å². The Morgan fingerprint density at radius 3 is 2.62 bits per heavy atom. The van der Waals surface area contributed by atoms with E-state index in [1.807, 2.05) is 0 Å². The summed E-state index contributed by atoms with van der Waals surface area (Å²) in [6.45, 7) is 0.705. The van der Waals surface area contributed by atoms with Crippen LogP contribution >= 0.6 is 31.9 Å². The zero-order chi connectivity index (χ0) is 11.6. The van der Waals surface area contributed by atoms with Crippen LogP contribution in [0, 0.1) is 11.2 Å². The summed E-state index contributed by atoms with van der Waals surface area (Å²) in [5.74, 6) is 0.465. The molecule has 2 rings (SSSR count). The van der Waals surface area contributed by atoms with Crippen LogP contribution in [0.1, 0.15) is 19.3 Å². The van der Waals surface area contributed by atoms with Gasteiger partial charge in [-0.25, -0.2) is 4.39 Å². The third-order valence-corrected chi connectivity index (χ3v) is 4.93. The van der Waals surface area contributed by atoms with Crippen LogP contribution in [0.2, 0.25) is 0 Å². The molecule has 0 bridgehead atoms. The fourth-order valence-corrected chi connectivity index (χ4v) is 2.88. The van der Waals surface area contributed by atoms with E-state index in [1.54, 1.807) is 12.1 Å². The Morgan fingerprint density at radius 2 is 2.12 bits per heavy atom. The van der Waals surface area contributed by atoms with Crippen LogP contribution < -0.4 is 4.74 Å². The van der Waals surface area contributed by atoms with Gasteiger partial charge in [0, 0.05) is 10.7 Å². The smallest absolute Gasteiger partial charge is 0.137 e. The van der Waals surface area contributed by atoms with Gasteiger partial charge in [0.15, 0.2) is 0 Å².